The quantitative estimate of drug-likeness (QED) is 0.278. The number of aromatic nitrogens is 5. The number of benzene rings is 2. The first-order chi connectivity index (χ1) is 17.5. The molecule has 0 amide bonds. The van der Waals surface area contributed by atoms with Gasteiger partial charge >= 0.3 is 5.69 Å². The molecule has 0 spiro atoms. The van der Waals surface area contributed by atoms with E-state index < -0.39 is 22.3 Å². The van der Waals surface area contributed by atoms with Gasteiger partial charge in [0.15, 0.2) is 16.8 Å². The van der Waals surface area contributed by atoms with Gasteiger partial charge in [0.2, 0.25) is 0 Å². The first-order valence-corrected chi connectivity index (χ1v) is 12.9. The number of rotatable bonds is 7. The van der Waals surface area contributed by atoms with Crippen molar-refractivity contribution >= 4 is 35.0 Å². The zero-order valence-electron chi connectivity index (χ0n) is 21.1. The number of Topliss-reactive ketones (excluding diaryl/α,β-unsaturated/α-hetero) is 1. The molecule has 2 N–H and O–H groups in total. The Morgan fingerprint density at radius 2 is 1.62 bits per heavy atom. The van der Waals surface area contributed by atoms with E-state index in [2.05, 4.69) is 24.0 Å². The molecule has 0 unspecified atom stereocenters. The summed E-state index contributed by atoms with van der Waals surface area (Å²) >= 11 is 7.27. The van der Waals surface area contributed by atoms with Crippen molar-refractivity contribution in [2.45, 2.75) is 37.1 Å². The number of ketones is 1. The van der Waals surface area contributed by atoms with Gasteiger partial charge in [0.25, 0.3) is 5.56 Å². The molecule has 0 aliphatic carbocycles. The number of carbonyl (C=O) groups excluding carboxylic acids is 1. The fourth-order valence-electron chi connectivity index (χ4n) is 4.04. The van der Waals surface area contributed by atoms with E-state index in [4.69, 9.17) is 17.3 Å². The van der Waals surface area contributed by atoms with Gasteiger partial charge in [-0.25, -0.2) is 4.79 Å². The van der Waals surface area contributed by atoms with Crippen molar-refractivity contribution in [2.24, 2.45) is 14.1 Å². The lowest BCUT2D eigenvalue weighted by molar-refractivity contribution is 0.0992. The summed E-state index contributed by atoms with van der Waals surface area (Å²) in [5, 5.41) is 9.20. The molecule has 192 valence electrons. The van der Waals surface area contributed by atoms with Gasteiger partial charge in [0, 0.05) is 24.7 Å². The molecule has 4 rings (SSSR count). The molecule has 0 fully saturated rings. The monoisotopic (exact) mass is 538 g/mol. The molecule has 1 atom stereocenters. The van der Waals surface area contributed by atoms with E-state index in [9.17, 15) is 14.4 Å². The van der Waals surface area contributed by atoms with Crippen LogP contribution in [0.3, 0.4) is 0 Å². The summed E-state index contributed by atoms with van der Waals surface area (Å²) in [7, 11) is 2.74. The zero-order chi connectivity index (χ0) is 27.0. The Morgan fingerprint density at radius 1 is 0.973 bits per heavy atom. The van der Waals surface area contributed by atoms with Gasteiger partial charge in [-0.3, -0.25) is 23.3 Å². The SMILES string of the molecule is CC(C)c1ccccc1-n1c(S[C@@H](C)C(=O)c2c(N)n(C)c(=O)n(C)c2=O)nnc1-c1ccc(Cl)cc1. The first kappa shape index (κ1) is 26.4. The number of anilines is 1. The largest absolute Gasteiger partial charge is 0.384 e. The smallest absolute Gasteiger partial charge is 0.332 e. The Hall–Kier alpha value is -3.63. The fraction of sp³-hybridized carbons (Fsp3) is 0.269. The van der Waals surface area contributed by atoms with Crippen molar-refractivity contribution in [3.63, 3.8) is 0 Å². The third-order valence-electron chi connectivity index (χ3n) is 6.14. The second kappa shape index (κ2) is 10.4. The highest BCUT2D eigenvalue weighted by molar-refractivity contribution is 8.00. The van der Waals surface area contributed by atoms with E-state index in [0.717, 1.165) is 37.7 Å². The summed E-state index contributed by atoms with van der Waals surface area (Å²) in [6.45, 7) is 5.87. The van der Waals surface area contributed by atoms with E-state index in [1.165, 1.54) is 14.1 Å². The van der Waals surface area contributed by atoms with Gasteiger partial charge in [0.1, 0.15) is 11.4 Å². The highest BCUT2D eigenvalue weighted by atomic mass is 35.5. The van der Waals surface area contributed by atoms with Crippen molar-refractivity contribution in [1.82, 2.24) is 23.9 Å². The van der Waals surface area contributed by atoms with E-state index >= 15 is 0 Å². The number of halogens is 1. The average molecular weight is 539 g/mol. The number of nitrogen functional groups attached to an aromatic ring is 1. The van der Waals surface area contributed by atoms with E-state index in [1.807, 2.05) is 41.0 Å². The molecular formula is C26H27ClN6O3S. The topological polar surface area (TPSA) is 118 Å². The number of nitrogens with two attached hydrogens (primary N) is 1. The number of hydrogen-bond donors (Lipinski definition) is 1. The van der Waals surface area contributed by atoms with Crippen molar-refractivity contribution in [3.05, 3.63) is 85.5 Å². The van der Waals surface area contributed by atoms with Crippen LogP contribution < -0.4 is 17.0 Å². The number of nitrogens with zero attached hydrogens (tertiary/aromatic N) is 5. The molecule has 0 saturated heterocycles. The van der Waals surface area contributed by atoms with Gasteiger partial charge < -0.3 is 5.73 Å². The van der Waals surface area contributed by atoms with Crippen LogP contribution in [0.1, 0.15) is 42.6 Å². The summed E-state index contributed by atoms with van der Waals surface area (Å²) < 4.78 is 3.88. The zero-order valence-corrected chi connectivity index (χ0v) is 22.7. The summed E-state index contributed by atoms with van der Waals surface area (Å²) in [4.78, 5) is 38.4. The molecule has 37 heavy (non-hydrogen) atoms. The normalized spacial score (nSPS) is 12.2. The van der Waals surface area contributed by atoms with E-state index in [-0.39, 0.29) is 17.3 Å². The number of thioether (sulfide) groups is 1. The lowest BCUT2D eigenvalue weighted by atomic mass is 10.0. The summed E-state index contributed by atoms with van der Waals surface area (Å²) in [5.41, 5.74) is 7.23. The van der Waals surface area contributed by atoms with Crippen LogP contribution in [0, 0.1) is 0 Å². The fourth-order valence-corrected chi connectivity index (χ4v) is 5.08. The molecule has 0 radical (unpaired) electrons. The summed E-state index contributed by atoms with van der Waals surface area (Å²) in [6, 6.07) is 15.2. The van der Waals surface area contributed by atoms with Crippen LogP contribution in [0.25, 0.3) is 17.1 Å². The standard InChI is InChI=1S/C26H27ClN6O3S/c1-14(2)18-8-6-7-9-19(18)33-23(16-10-12-17(27)13-11-16)29-30-25(33)37-15(3)21(34)20-22(28)31(4)26(36)32(5)24(20)35/h6-15H,28H2,1-5H3/t15-/m0/s1. The Bertz CT molecular complexity index is 1600. The Balaban J connectivity index is 1.83. The maximum absolute atomic E-state index is 13.4. The maximum atomic E-state index is 13.4. The van der Waals surface area contributed by atoms with Crippen LogP contribution in [-0.2, 0) is 14.1 Å². The average Bonchev–Trinajstić information content (AvgIpc) is 3.29. The molecule has 0 aliphatic heterocycles. The number of hydrogen-bond acceptors (Lipinski definition) is 7. The minimum Gasteiger partial charge on any atom is -0.384 e. The molecule has 2 aromatic carbocycles. The van der Waals surface area contributed by atoms with Crippen molar-refractivity contribution < 1.29 is 4.79 Å². The minimum absolute atomic E-state index is 0.168. The van der Waals surface area contributed by atoms with Crippen molar-refractivity contribution in [2.75, 3.05) is 5.73 Å². The van der Waals surface area contributed by atoms with Crippen LogP contribution in [0.2, 0.25) is 5.02 Å². The number of carbonyl (C=O) groups is 1. The molecule has 4 aromatic rings. The second-order valence-corrected chi connectivity index (χ2v) is 10.7. The summed E-state index contributed by atoms with van der Waals surface area (Å²) in [6.07, 6.45) is 0. The Kier molecular flexibility index (Phi) is 7.42. The molecular weight excluding hydrogens is 512 g/mol. The molecule has 0 aliphatic rings. The second-order valence-electron chi connectivity index (χ2n) is 8.95. The van der Waals surface area contributed by atoms with Gasteiger partial charge in [-0.15, -0.1) is 10.2 Å². The molecule has 11 heteroatoms. The van der Waals surface area contributed by atoms with Crippen molar-refractivity contribution in [3.8, 4) is 17.1 Å². The van der Waals surface area contributed by atoms with Crippen LogP contribution in [0.15, 0.2) is 63.3 Å². The van der Waals surface area contributed by atoms with Crippen LogP contribution >= 0.6 is 23.4 Å². The molecule has 2 heterocycles. The Morgan fingerprint density at radius 3 is 2.27 bits per heavy atom. The molecule has 0 saturated carbocycles. The highest BCUT2D eigenvalue weighted by Gasteiger charge is 2.28. The third-order valence-corrected chi connectivity index (χ3v) is 7.44. The van der Waals surface area contributed by atoms with Crippen LogP contribution in [0.4, 0.5) is 5.82 Å². The van der Waals surface area contributed by atoms with Gasteiger partial charge in [-0.2, -0.15) is 0 Å². The van der Waals surface area contributed by atoms with Gasteiger partial charge in [-0.05, 0) is 48.7 Å². The number of para-hydroxylation sites is 1. The molecule has 0 bridgehead atoms. The Labute approximate surface area is 222 Å². The predicted octanol–water partition coefficient (Wildman–Crippen LogP) is 4.05. The van der Waals surface area contributed by atoms with Crippen LogP contribution in [0.5, 0.6) is 0 Å². The van der Waals surface area contributed by atoms with Gasteiger partial charge in [-0.1, -0.05) is 55.4 Å². The highest BCUT2D eigenvalue weighted by Crippen LogP contribution is 2.34. The summed E-state index contributed by atoms with van der Waals surface area (Å²) in [5.74, 6) is 0.129. The predicted molar refractivity (Wildman–Crippen MR) is 147 cm³/mol. The third kappa shape index (κ3) is 4.86. The van der Waals surface area contributed by atoms with E-state index in [0.29, 0.717) is 16.0 Å². The van der Waals surface area contributed by atoms with Gasteiger partial charge in [0.05, 0.1) is 10.9 Å². The first-order valence-electron chi connectivity index (χ1n) is 11.6. The lowest BCUT2D eigenvalue weighted by Gasteiger charge is -2.18. The molecule has 9 nitrogen and oxygen atoms in total. The molecule has 2 aromatic heterocycles. The van der Waals surface area contributed by atoms with Crippen molar-refractivity contribution in [1.29, 1.82) is 0 Å². The van der Waals surface area contributed by atoms with Crippen LogP contribution in [-0.4, -0.2) is 34.9 Å². The maximum Gasteiger partial charge on any atom is 0.332 e. The minimum atomic E-state index is -0.750. The van der Waals surface area contributed by atoms with E-state index in [1.54, 1.807) is 19.1 Å². The lowest BCUT2D eigenvalue weighted by Crippen LogP contribution is -2.42.